The van der Waals surface area contributed by atoms with Crippen molar-refractivity contribution >= 4 is 11.6 Å². The van der Waals surface area contributed by atoms with E-state index in [-0.39, 0.29) is 5.91 Å². The molecule has 150 valence electrons. The Morgan fingerprint density at radius 2 is 2.00 bits per heavy atom. The highest BCUT2D eigenvalue weighted by Crippen LogP contribution is 2.36. The van der Waals surface area contributed by atoms with Crippen LogP contribution in [0.5, 0.6) is 5.75 Å². The zero-order valence-corrected chi connectivity index (χ0v) is 17.2. The number of aryl methyl sites for hydroxylation is 1. The van der Waals surface area contributed by atoms with Crippen LogP contribution in [0, 0.1) is 12.8 Å². The zero-order chi connectivity index (χ0) is 20.0. The molecule has 0 spiro atoms. The Hall–Kier alpha value is -2.33. The standard InChI is InChI=1S/C24H31NO3/c1-4-28-24(14-8-9-18(2)16-24)23(26)25-21-12-13-22(19(3)15-21)27-17-20-10-6-5-7-11-20/h5-7,10-13,15,18H,4,8-9,14,16-17H2,1-3H3,(H,25,26)/t18-,24+/m0/s1. The Morgan fingerprint density at radius 1 is 1.21 bits per heavy atom. The van der Waals surface area contributed by atoms with Crippen molar-refractivity contribution in [2.24, 2.45) is 5.92 Å². The van der Waals surface area contributed by atoms with Gasteiger partial charge >= 0.3 is 0 Å². The number of carbonyl (C=O) groups excluding carboxylic acids is 1. The van der Waals surface area contributed by atoms with E-state index in [1.807, 2.05) is 62.4 Å². The van der Waals surface area contributed by atoms with Gasteiger partial charge in [-0.25, -0.2) is 0 Å². The molecule has 0 aromatic heterocycles. The average Bonchev–Trinajstić information content (AvgIpc) is 2.68. The molecule has 2 aromatic rings. The molecule has 3 rings (SSSR count). The quantitative estimate of drug-likeness (QED) is 0.689. The molecule has 28 heavy (non-hydrogen) atoms. The number of nitrogens with one attached hydrogen (secondary N) is 1. The molecular weight excluding hydrogens is 350 g/mol. The first-order valence-electron chi connectivity index (χ1n) is 10.3. The molecule has 2 atom stereocenters. The van der Waals surface area contributed by atoms with Crippen LogP contribution in [0.3, 0.4) is 0 Å². The number of amides is 1. The maximum absolute atomic E-state index is 13.1. The van der Waals surface area contributed by atoms with Gasteiger partial charge in [-0.05, 0) is 68.4 Å². The predicted octanol–water partition coefficient (Wildman–Crippen LogP) is 5.50. The molecule has 1 N–H and O–H groups in total. The summed E-state index contributed by atoms with van der Waals surface area (Å²) in [5, 5.41) is 3.08. The minimum atomic E-state index is -0.706. The highest BCUT2D eigenvalue weighted by molar-refractivity contribution is 5.97. The zero-order valence-electron chi connectivity index (χ0n) is 17.2. The maximum Gasteiger partial charge on any atom is 0.256 e. The third kappa shape index (κ3) is 4.93. The van der Waals surface area contributed by atoms with E-state index in [9.17, 15) is 4.79 Å². The summed E-state index contributed by atoms with van der Waals surface area (Å²) in [5.41, 5.74) is 2.20. The number of ether oxygens (including phenoxy) is 2. The summed E-state index contributed by atoms with van der Waals surface area (Å²) in [5.74, 6) is 1.30. The molecule has 1 aliphatic rings. The van der Waals surface area contributed by atoms with Crippen LogP contribution in [0.25, 0.3) is 0 Å². The lowest BCUT2D eigenvalue weighted by Crippen LogP contribution is -2.48. The van der Waals surface area contributed by atoms with Gasteiger partial charge in [0.2, 0.25) is 0 Å². The van der Waals surface area contributed by atoms with Gasteiger partial charge < -0.3 is 14.8 Å². The first kappa shape index (κ1) is 20.4. The molecule has 0 heterocycles. The van der Waals surface area contributed by atoms with Crippen molar-refractivity contribution in [1.82, 2.24) is 0 Å². The summed E-state index contributed by atoms with van der Waals surface area (Å²) >= 11 is 0. The van der Waals surface area contributed by atoms with E-state index in [2.05, 4.69) is 12.2 Å². The fraction of sp³-hybridized carbons (Fsp3) is 0.458. The highest BCUT2D eigenvalue weighted by atomic mass is 16.5. The lowest BCUT2D eigenvalue weighted by Gasteiger charge is -2.38. The molecule has 0 saturated heterocycles. The minimum absolute atomic E-state index is 0.0294. The summed E-state index contributed by atoms with van der Waals surface area (Å²) in [6, 6.07) is 15.9. The summed E-state index contributed by atoms with van der Waals surface area (Å²) in [4.78, 5) is 13.1. The maximum atomic E-state index is 13.1. The number of hydrogen-bond donors (Lipinski definition) is 1. The van der Waals surface area contributed by atoms with Gasteiger partial charge in [0.1, 0.15) is 18.0 Å². The summed E-state index contributed by atoms with van der Waals surface area (Å²) in [6.45, 7) is 7.22. The summed E-state index contributed by atoms with van der Waals surface area (Å²) in [6.07, 6.45) is 3.76. The summed E-state index contributed by atoms with van der Waals surface area (Å²) in [7, 11) is 0. The van der Waals surface area contributed by atoms with Crippen molar-refractivity contribution in [3.63, 3.8) is 0 Å². The van der Waals surface area contributed by atoms with Gasteiger partial charge in [-0.1, -0.05) is 43.7 Å². The number of carbonyl (C=O) groups is 1. The Kier molecular flexibility index (Phi) is 6.74. The third-order valence-corrected chi connectivity index (χ3v) is 5.46. The second-order valence-electron chi connectivity index (χ2n) is 7.84. The molecule has 2 aromatic carbocycles. The fourth-order valence-electron chi connectivity index (χ4n) is 4.05. The Balaban J connectivity index is 1.66. The fourth-order valence-corrected chi connectivity index (χ4v) is 4.05. The van der Waals surface area contributed by atoms with Gasteiger partial charge in [0, 0.05) is 12.3 Å². The normalized spacial score (nSPS) is 21.9. The van der Waals surface area contributed by atoms with Crippen LogP contribution >= 0.6 is 0 Å². The Bertz CT molecular complexity index is 786. The average molecular weight is 382 g/mol. The van der Waals surface area contributed by atoms with Crippen molar-refractivity contribution < 1.29 is 14.3 Å². The van der Waals surface area contributed by atoms with Crippen molar-refractivity contribution in [2.75, 3.05) is 11.9 Å². The molecule has 4 heteroatoms. The summed E-state index contributed by atoms with van der Waals surface area (Å²) < 4.78 is 11.9. The van der Waals surface area contributed by atoms with Crippen LogP contribution in [0.15, 0.2) is 48.5 Å². The van der Waals surface area contributed by atoms with Crippen LogP contribution < -0.4 is 10.1 Å². The predicted molar refractivity (Wildman–Crippen MR) is 113 cm³/mol. The molecule has 0 unspecified atom stereocenters. The van der Waals surface area contributed by atoms with Gasteiger partial charge in [0.05, 0.1) is 0 Å². The van der Waals surface area contributed by atoms with Crippen molar-refractivity contribution in [3.8, 4) is 5.75 Å². The molecule has 0 aliphatic heterocycles. The highest BCUT2D eigenvalue weighted by Gasteiger charge is 2.42. The first-order chi connectivity index (χ1) is 13.5. The third-order valence-electron chi connectivity index (χ3n) is 5.46. The monoisotopic (exact) mass is 381 g/mol. The molecule has 1 amide bonds. The second kappa shape index (κ2) is 9.24. The molecule has 0 bridgehead atoms. The SMILES string of the molecule is CCO[C@]1(C(=O)Nc2ccc(OCc3ccccc3)c(C)c2)CCC[C@H](C)C1. The topological polar surface area (TPSA) is 47.6 Å². The van der Waals surface area contributed by atoms with Crippen LogP contribution in [0.4, 0.5) is 5.69 Å². The van der Waals surface area contributed by atoms with Crippen molar-refractivity contribution in [3.05, 3.63) is 59.7 Å². The first-order valence-corrected chi connectivity index (χ1v) is 10.3. The van der Waals surface area contributed by atoms with E-state index in [0.29, 0.717) is 19.1 Å². The van der Waals surface area contributed by atoms with Crippen LogP contribution in [-0.2, 0) is 16.1 Å². The smallest absolute Gasteiger partial charge is 0.256 e. The van der Waals surface area contributed by atoms with Crippen molar-refractivity contribution in [2.45, 2.75) is 58.7 Å². The van der Waals surface area contributed by atoms with Gasteiger partial charge in [-0.2, -0.15) is 0 Å². The molecular formula is C24H31NO3. The second-order valence-corrected chi connectivity index (χ2v) is 7.84. The molecule has 4 nitrogen and oxygen atoms in total. The van der Waals surface area contributed by atoms with Gasteiger partial charge in [-0.3, -0.25) is 4.79 Å². The van der Waals surface area contributed by atoms with E-state index in [4.69, 9.17) is 9.47 Å². The molecule has 1 aliphatic carbocycles. The van der Waals surface area contributed by atoms with Crippen LogP contribution in [0.1, 0.15) is 50.7 Å². The van der Waals surface area contributed by atoms with E-state index in [1.165, 1.54) is 0 Å². The minimum Gasteiger partial charge on any atom is -0.489 e. The lowest BCUT2D eigenvalue weighted by molar-refractivity contribution is -0.147. The lowest BCUT2D eigenvalue weighted by atomic mass is 9.78. The van der Waals surface area contributed by atoms with Gasteiger partial charge in [0.25, 0.3) is 5.91 Å². The number of anilines is 1. The number of rotatable bonds is 7. The van der Waals surface area contributed by atoms with Crippen LogP contribution in [-0.4, -0.2) is 18.1 Å². The Morgan fingerprint density at radius 3 is 2.68 bits per heavy atom. The van der Waals surface area contributed by atoms with Gasteiger partial charge in [0.15, 0.2) is 0 Å². The molecule has 1 saturated carbocycles. The number of hydrogen-bond acceptors (Lipinski definition) is 3. The van der Waals surface area contributed by atoms with Crippen LogP contribution in [0.2, 0.25) is 0 Å². The van der Waals surface area contributed by atoms with E-state index >= 15 is 0 Å². The van der Waals surface area contributed by atoms with E-state index in [0.717, 1.165) is 48.2 Å². The Labute approximate surface area is 168 Å². The number of benzene rings is 2. The largest absolute Gasteiger partial charge is 0.489 e. The molecule has 1 fully saturated rings. The van der Waals surface area contributed by atoms with E-state index < -0.39 is 5.60 Å². The molecule has 0 radical (unpaired) electrons. The van der Waals surface area contributed by atoms with E-state index in [1.54, 1.807) is 0 Å². The van der Waals surface area contributed by atoms with Gasteiger partial charge in [-0.15, -0.1) is 0 Å². The van der Waals surface area contributed by atoms with Crippen molar-refractivity contribution in [1.29, 1.82) is 0 Å².